The van der Waals surface area contributed by atoms with Gasteiger partial charge in [0, 0.05) is 18.2 Å². The van der Waals surface area contributed by atoms with Crippen molar-refractivity contribution in [3.05, 3.63) is 58.1 Å². The van der Waals surface area contributed by atoms with Gasteiger partial charge in [0.25, 0.3) is 5.91 Å². The van der Waals surface area contributed by atoms with Gasteiger partial charge >= 0.3 is 0 Å². The fraction of sp³-hybridized carbons (Fsp3) is 0.167. The van der Waals surface area contributed by atoms with E-state index >= 15 is 0 Å². The predicted octanol–water partition coefficient (Wildman–Crippen LogP) is 3.57. The van der Waals surface area contributed by atoms with E-state index in [4.69, 9.17) is 4.74 Å². The number of benzene rings is 2. The number of carbonyl (C=O) groups excluding carboxylic acids is 2. The van der Waals surface area contributed by atoms with Crippen molar-refractivity contribution in [1.82, 2.24) is 5.43 Å². The summed E-state index contributed by atoms with van der Waals surface area (Å²) in [5.74, 6) is 0.252. The van der Waals surface area contributed by atoms with Crippen LogP contribution in [0.3, 0.4) is 0 Å². The Morgan fingerprint density at radius 3 is 2.52 bits per heavy atom. The monoisotopic (exact) mass is 403 g/mol. The first kappa shape index (κ1) is 18.7. The van der Waals surface area contributed by atoms with E-state index in [9.17, 15) is 9.59 Å². The average molecular weight is 404 g/mol. The van der Waals surface area contributed by atoms with Gasteiger partial charge in [0.1, 0.15) is 5.75 Å². The molecular formula is C18H18BrN3O3. The highest BCUT2D eigenvalue weighted by Crippen LogP contribution is 2.25. The molecule has 0 bridgehead atoms. The van der Waals surface area contributed by atoms with Crippen LogP contribution in [-0.4, -0.2) is 24.6 Å². The molecule has 0 radical (unpaired) electrons. The van der Waals surface area contributed by atoms with Gasteiger partial charge in [-0.3, -0.25) is 9.59 Å². The minimum absolute atomic E-state index is 0.164. The third kappa shape index (κ3) is 5.72. The molecule has 0 fully saturated rings. The van der Waals surface area contributed by atoms with Crippen molar-refractivity contribution in [2.75, 3.05) is 11.9 Å². The summed E-state index contributed by atoms with van der Waals surface area (Å²) in [6.45, 7) is 3.93. The van der Waals surface area contributed by atoms with E-state index in [1.165, 1.54) is 6.92 Å². The molecule has 0 saturated carbocycles. The molecule has 0 saturated heterocycles. The molecule has 6 nitrogen and oxygen atoms in total. The molecule has 2 rings (SSSR count). The number of anilines is 1. The van der Waals surface area contributed by atoms with Crippen molar-refractivity contribution in [2.24, 2.45) is 5.10 Å². The number of amides is 2. The Labute approximate surface area is 154 Å². The number of hydrogen-bond donors (Lipinski definition) is 2. The van der Waals surface area contributed by atoms with Gasteiger partial charge in [-0.1, -0.05) is 0 Å². The second-order valence-corrected chi connectivity index (χ2v) is 5.93. The molecule has 0 heterocycles. The molecule has 2 aromatic rings. The maximum Gasteiger partial charge on any atom is 0.271 e. The van der Waals surface area contributed by atoms with Crippen molar-refractivity contribution in [3.63, 3.8) is 0 Å². The first-order chi connectivity index (χ1) is 12.0. The number of nitrogens with zero attached hydrogens (tertiary/aromatic N) is 1. The highest BCUT2D eigenvalue weighted by atomic mass is 79.9. The summed E-state index contributed by atoms with van der Waals surface area (Å²) in [4.78, 5) is 23.0. The van der Waals surface area contributed by atoms with Crippen LogP contribution in [0.15, 0.2) is 52.0 Å². The fourth-order valence-electron chi connectivity index (χ4n) is 2.01. The van der Waals surface area contributed by atoms with Gasteiger partial charge in [0.05, 0.1) is 17.3 Å². The van der Waals surface area contributed by atoms with Gasteiger partial charge in [-0.25, -0.2) is 5.43 Å². The highest BCUT2D eigenvalue weighted by Gasteiger charge is 2.05. The Kier molecular flexibility index (Phi) is 6.71. The molecule has 0 unspecified atom stereocenters. The van der Waals surface area contributed by atoms with Crippen LogP contribution in [0.5, 0.6) is 5.75 Å². The molecule has 2 N–H and O–H groups in total. The molecule has 0 aliphatic heterocycles. The first-order valence-electron chi connectivity index (χ1n) is 7.63. The molecule has 2 amide bonds. The van der Waals surface area contributed by atoms with Gasteiger partial charge in [-0.15, -0.1) is 0 Å². The lowest BCUT2D eigenvalue weighted by molar-refractivity contribution is -0.114. The molecule has 7 heteroatoms. The molecular weight excluding hydrogens is 386 g/mol. The second-order valence-electron chi connectivity index (χ2n) is 5.08. The smallest absolute Gasteiger partial charge is 0.271 e. The Bertz CT molecular complexity index is 789. The molecule has 130 valence electrons. The highest BCUT2D eigenvalue weighted by molar-refractivity contribution is 9.10. The number of ether oxygens (including phenoxy) is 1. The fourth-order valence-corrected chi connectivity index (χ4v) is 2.52. The zero-order chi connectivity index (χ0) is 18.2. The van der Waals surface area contributed by atoms with Crippen molar-refractivity contribution >= 4 is 39.6 Å². The molecule has 25 heavy (non-hydrogen) atoms. The third-order valence-electron chi connectivity index (χ3n) is 3.10. The number of nitrogens with one attached hydrogen (secondary N) is 2. The van der Waals surface area contributed by atoms with Crippen molar-refractivity contribution in [3.8, 4) is 5.75 Å². The summed E-state index contributed by atoms with van der Waals surface area (Å²) in [5.41, 5.74) is 4.35. The number of rotatable bonds is 6. The Morgan fingerprint density at radius 2 is 1.92 bits per heavy atom. The lowest BCUT2D eigenvalue weighted by Gasteiger charge is -2.06. The van der Waals surface area contributed by atoms with E-state index in [0.717, 1.165) is 15.8 Å². The molecule has 0 atom stereocenters. The van der Waals surface area contributed by atoms with Crippen LogP contribution >= 0.6 is 15.9 Å². The third-order valence-corrected chi connectivity index (χ3v) is 3.72. The van der Waals surface area contributed by atoms with Crippen molar-refractivity contribution < 1.29 is 14.3 Å². The van der Waals surface area contributed by atoms with Crippen LogP contribution in [0.2, 0.25) is 0 Å². The van der Waals surface area contributed by atoms with E-state index < -0.39 is 0 Å². The van der Waals surface area contributed by atoms with Crippen LogP contribution < -0.4 is 15.5 Å². The summed E-state index contributed by atoms with van der Waals surface area (Å²) in [6, 6.07) is 12.1. The van der Waals surface area contributed by atoms with Crippen LogP contribution in [0.25, 0.3) is 0 Å². The summed E-state index contributed by atoms with van der Waals surface area (Å²) in [6.07, 6.45) is 1.55. The molecule has 2 aromatic carbocycles. The van der Waals surface area contributed by atoms with E-state index in [0.29, 0.717) is 17.9 Å². The van der Waals surface area contributed by atoms with Crippen molar-refractivity contribution in [2.45, 2.75) is 13.8 Å². The molecule has 0 aliphatic carbocycles. The largest absolute Gasteiger partial charge is 0.493 e. The Morgan fingerprint density at radius 1 is 1.20 bits per heavy atom. The quantitative estimate of drug-likeness (QED) is 0.571. The van der Waals surface area contributed by atoms with Gasteiger partial charge in [-0.2, -0.15) is 5.10 Å². The van der Waals surface area contributed by atoms with Gasteiger partial charge < -0.3 is 10.1 Å². The van der Waals surface area contributed by atoms with Gasteiger partial charge in [-0.05, 0) is 70.9 Å². The maximum absolute atomic E-state index is 12.0. The standard InChI is InChI=1S/C18H18BrN3O3/c1-3-25-17-9-4-13(10-16(17)19)11-20-22-18(24)14-5-7-15(8-6-14)21-12(2)23/h4-11H,3H2,1-2H3,(H,21,23)(H,22,24)/b20-11-. The van der Waals surface area contributed by atoms with Crippen LogP contribution in [0, 0.1) is 0 Å². The average Bonchev–Trinajstić information content (AvgIpc) is 2.57. The topological polar surface area (TPSA) is 79.8 Å². The molecule has 0 aliphatic rings. The zero-order valence-corrected chi connectivity index (χ0v) is 15.5. The van der Waals surface area contributed by atoms with E-state index in [1.54, 1.807) is 30.5 Å². The minimum atomic E-state index is -0.337. The summed E-state index contributed by atoms with van der Waals surface area (Å²) in [5, 5.41) is 6.59. The summed E-state index contributed by atoms with van der Waals surface area (Å²) < 4.78 is 6.26. The minimum Gasteiger partial charge on any atom is -0.493 e. The van der Waals surface area contributed by atoms with E-state index in [2.05, 4.69) is 31.8 Å². The summed E-state index contributed by atoms with van der Waals surface area (Å²) >= 11 is 3.43. The van der Waals surface area contributed by atoms with Crippen LogP contribution in [0.1, 0.15) is 29.8 Å². The van der Waals surface area contributed by atoms with E-state index in [1.807, 2.05) is 25.1 Å². The molecule has 0 spiro atoms. The predicted molar refractivity (Wildman–Crippen MR) is 101 cm³/mol. The molecule has 0 aromatic heterocycles. The number of halogens is 1. The van der Waals surface area contributed by atoms with E-state index in [-0.39, 0.29) is 11.8 Å². The second kappa shape index (κ2) is 8.98. The Balaban J connectivity index is 1.96. The SMILES string of the molecule is CCOc1ccc(/C=N\NC(=O)c2ccc(NC(C)=O)cc2)cc1Br. The van der Waals surface area contributed by atoms with Gasteiger partial charge in [0.15, 0.2) is 0 Å². The number of hydrazone groups is 1. The summed E-state index contributed by atoms with van der Waals surface area (Å²) in [7, 11) is 0. The zero-order valence-electron chi connectivity index (χ0n) is 13.9. The first-order valence-corrected chi connectivity index (χ1v) is 8.42. The maximum atomic E-state index is 12.0. The Hall–Kier alpha value is -2.67. The number of hydrogen-bond acceptors (Lipinski definition) is 4. The normalized spacial score (nSPS) is 10.5. The lowest BCUT2D eigenvalue weighted by Crippen LogP contribution is -2.17. The van der Waals surface area contributed by atoms with Crippen molar-refractivity contribution in [1.29, 1.82) is 0 Å². The van der Waals surface area contributed by atoms with Gasteiger partial charge in [0.2, 0.25) is 5.91 Å². The van der Waals surface area contributed by atoms with Crippen LogP contribution in [0.4, 0.5) is 5.69 Å². The number of carbonyl (C=O) groups is 2. The lowest BCUT2D eigenvalue weighted by atomic mass is 10.2. The van der Waals surface area contributed by atoms with Crippen LogP contribution in [-0.2, 0) is 4.79 Å².